The van der Waals surface area contributed by atoms with E-state index in [4.69, 9.17) is 21.1 Å². The van der Waals surface area contributed by atoms with Crippen LogP contribution in [0.1, 0.15) is 11.1 Å². The molecule has 3 aromatic rings. The third-order valence-electron chi connectivity index (χ3n) is 5.36. The number of amides is 1. The maximum absolute atomic E-state index is 13.2. The Labute approximate surface area is 197 Å². The molecule has 3 aromatic carbocycles. The maximum atomic E-state index is 13.2. The molecule has 0 saturated heterocycles. The minimum Gasteiger partial charge on any atom is -0.496 e. The molecule has 1 N–H and O–H groups in total. The molecule has 7 nitrogen and oxygen atoms in total. The van der Waals surface area contributed by atoms with Gasteiger partial charge in [0.2, 0.25) is 0 Å². The summed E-state index contributed by atoms with van der Waals surface area (Å²) in [5, 5.41) is 2.87. The van der Waals surface area contributed by atoms with E-state index >= 15 is 0 Å². The second kappa shape index (κ2) is 9.72. The molecule has 9 heteroatoms. The molecule has 0 unspecified atom stereocenters. The summed E-state index contributed by atoms with van der Waals surface area (Å²) in [6, 6.07) is 19.0. The molecule has 0 aliphatic carbocycles. The van der Waals surface area contributed by atoms with Gasteiger partial charge in [0.1, 0.15) is 11.5 Å². The third kappa shape index (κ3) is 4.91. The lowest BCUT2D eigenvalue weighted by Gasteiger charge is -2.20. The topological polar surface area (TPSA) is 84.9 Å². The molecule has 0 spiro atoms. The zero-order valence-electron chi connectivity index (χ0n) is 18.0. The van der Waals surface area contributed by atoms with Crippen LogP contribution in [-0.4, -0.2) is 34.6 Å². The van der Waals surface area contributed by atoms with E-state index < -0.39 is 10.0 Å². The van der Waals surface area contributed by atoms with Crippen molar-refractivity contribution in [2.45, 2.75) is 17.9 Å². The first-order valence-corrected chi connectivity index (χ1v) is 12.1. The minimum absolute atomic E-state index is 0.0668. The summed E-state index contributed by atoms with van der Waals surface area (Å²) in [7, 11) is -2.20. The number of rotatable bonds is 8. The van der Waals surface area contributed by atoms with Gasteiger partial charge >= 0.3 is 0 Å². The first-order chi connectivity index (χ1) is 15.9. The van der Waals surface area contributed by atoms with Crippen LogP contribution in [0.3, 0.4) is 0 Å². The third-order valence-corrected chi connectivity index (χ3v) is 7.47. The SMILES string of the molecule is COc1ccccc1CNC(=O)COc1ccc(S(=O)(=O)N2CCc3ccccc32)cc1Cl. The Morgan fingerprint density at radius 2 is 1.82 bits per heavy atom. The molecular weight excluding hydrogens is 464 g/mol. The number of hydrogen-bond acceptors (Lipinski definition) is 5. The Kier molecular flexibility index (Phi) is 6.76. The fraction of sp³-hybridized carbons (Fsp3) is 0.208. The molecule has 0 radical (unpaired) electrons. The van der Waals surface area contributed by atoms with E-state index in [0.29, 0.717) is 24.4 Å². The van der Waals surface area contributed by atoms with E-state index in [1.165, 1.54) is 22.5 Å². The minimum atomic E-state index is -3.77. The zero-order chi connectivity index (χ0) is 23.4. The predicted molar refractivity (Wildman–Crippen MR) is 126 cm³/mol. The molecule has 1 heterocycles. The summed E-state index contributed by atoms with van der Waals surface area (Å²) in [5.74, 6) is 0.561. The molecule has 0 saturated carbocycles. The van der Waals surface area contributed by atoms with Crippen molar-refractivity contribution in [1.82, 2.24) is 5.32 Å². The summed E-state index contributed by atoms with van der Waals surface area (Å²) in [6.45, 7) is 0.402. The number of hydrogen-bond donors (Lipinski definition) is 1. The van der Waals surface area contributed by atoms with Gasteiger partial charge in [0, 0.05) is 18.7 Å². The van der Waals surface area contributed by atoms with Gasteiger partial charge in [0.15, 0.2) is 6.61 Å². The highest BCUT2D eigenvalue weighted by molar-refractivity contribution is 7.92. The molecule has 0 atom stereocenters. The summed E-state index contributed by atoms with van der Waals surface area (Å²) in [5.41, 5.74) is 2.51. The second-order valence-corrected chi connectivity index (χ2v) is 9.69. The lowest BCUT2D eigenvalue weighted by molar-refractivity contribution is -0.123. The molecule has 4 rings (SSSR count). The van der Waals surface area contributed by atoms with Crippen LogP contribution < -0.4 is 19.1 Å². The van der Waals surface area contributed by atoms with Crippen molar-refractivity contribution in [3.63, 3.8) is 0 Å². The average molecular weight is 487 g/mol. The van der Waals surface area contributed by atoms with Crippen LogP contribution in [0.5, 0.6) is 11.5 Å². The highest BCUT2D eigenvalue weighted by atomic mass is 35.5. The number of anilines is 1. The predicted octanol–water partition coefficient (Wildman–Crippen LogP) is 3.80. The molecule has 0 bridgehead atoms. The molecule has 172 valence electrons. The number of nitrogens with one attached hydrogen (secondary N) is 1. The molecule has 1 aliphatic rings. The molecule has 1 aliphatic heterocycles. The van der Waals surface area contributed by atoms with Gasteiger partial charge in [0.05, 0.1) is 22.7 Å². The Morgan fingerprint density at radius 1 is 1.06 bits per heavy atom. The second-order valence-electron chi connectivity index (χ2n) is 7.43. The number of halogens is 1. The van der Waals surface area contributed by atoms with Crippen molar-refractivity contribution >= 4 is 33.2 Å². The fourth-order valence-electron chi connectivity index (χ4n) is 3.68. The van der Waals surface area contributed by atoms with Crippen molar-refractivity contribution in [3.8, 4) is 11.5 Å². The smallest absolute Gasteiger partial charge is 0.264 e. The van der Waals surface area contributed by atoms with E-state index in [-0.39, 0.29) is 34.7 Å². The monoisotopic (exact) mass is 486 g/mol. The van der Waals surface area contributed by atoms with Crippen LogP contribution in [0.25, 0.3) is 0 Å². The number of nitrogens with zero attached hydrogens (tertiary/aromatic N) is 1. The fourth-order valence-corrected chi connectivity index (χ4v) is 5.51. The molecule has 33 heavy (non-hydrogen) atoms. The van der Waals surface area contributed by atoms with Crippen molar-refractivity contribution in [2.75, 3.05) is 24.6 Å². The largest absolute Gasteiger partial charge is 0.496 e. The number of fused-ring (bicyclic) bond motifs is 1. The van der Waals surface area contributed by atoms with Crippen LogP contribution in [0, 0.1) is 0 Å². The molecular formula is C24H23ClN2O5S. The van der Waals surface area contributed by atoms with Gasteiger partial charge < -0.3 is 14.8 Å². The lowest BCUT2D eigenvalue weighted by Crippen LogP contribution is -2.29. The van der Waals surface area contributed by atoms with E-state index in [9.17, 15) is 13.2 Å². The van der Waals surface area contributed by atoms with Crippen molar-refractivity contribution in [3.05, 3.63) is 82.9 Å². The van der Waals surface area contributed by atoms with Crippen LogP contribution in [0.15, 0.2) is 71.6 Å². The van der Waals surface area contributed by atoms with Crippen molar-refractivity contribution < 1.29 is 22.7 Å². The Morgan fingerprint density at radius 3 is 2.61 bits per heavy atom. The quantitative estimate of drug-likeness (QED) is 0.523. The van der Waals surface area contributed by atoms with Crippen molar-refractivity contribution in [1.29, 1.82) is 0 Å². The van der Waals surface area contributed by atoms with Crippen LogP contribution >= 0.6 is 11.6 Å². The van der Waals surface area contributed by atoms with E-state index in [0.717, 1.165) is 11.1 Å². The van der Waals surface area contributed by atoms with E-state index in [2.05, 4.69) is 5.32 Å². The number of carbonyl (C=O) groups excluding carboxylic acids is 1. The summed E-state index contributed by atoms with van der Waals surface area (Å²) in [4.78, 5) is 12.3. The van der Waals surface area contributed by atoms with Gasteiger partial charge in [0.25, 0.3) is 15.9 Å². The van der Waals surface area contributed by atoms with Crippen molar-refractivity contribution in [2.24, 2.45) is 0 Å². The highest BCUT2D eigenvalue weighted by Gasteiger charge is 2.31. The first-order valence-electron chi connectivity index (χ1n) is 10.3. The van der Waals surface area contributed by atoms with E-state index in [1.54, 1.807) is 13.2 Å². The van der Waals surface area contributed by atoms with E-state index in [1.807, 2.05) is 42.5 Å². The average Bonchev–Trinajstić information content (AvgIpc) is 3.27. The molecule has 0 aromatic heterocycles. The standard InChI is InChI=1S/C24H23ClN2O5S/c1-31-22-9-5-3-7-18(22)15-26-24(28)16-32-23-11-10-19(14-20(23)25)33(29,30)27-13-12-17-6-2-4-8-21(17)27/h2-11,14H,12-13,15-16H2,1H3,(H,26,28). The lowest BCUT2D eigenvalue weighted by atomic mass is 10.2. The Balaban J connectivity index is 1.39. The number of ether oxygens (including phenoxy) is 2. The Bertz CT molecular complexity index is 1280. The molecule has 0 fully saturated rings. The highest BCUT2D eigenvalue weighted by Crippen LogP contribution is 2.35. The van der Waals surface area contributed by atoms with Gasteiger partial charge in [-0.3, -0.25) is 9.10 Å². The first kappa shape index (κ1) is 22.9. The molecule has 1 amide bonds. The summed E-state index contributed by atoms with van der Waals surface area (Å²) < 4.78 is 38.5. The number of benzene rings is 3. The van der Waals surface area contributed by atoms with Crippen LogP contribution in [-0.2, 0) is 27.8 Å². The normalized spacial score (nSPS) is 12.8. The van der Waals surface area contributed by atoms with Gasteiger partial charge in [-0.2, -0.15) is 0 Å². The van der Waals surface area contributed by atoms with Crippen LogP contribution in [0.4, 0.5) is 5.69 Å². The van der Waals surface area contributed by atoms with Gasteiger partial charge in [-0.05, 0) is 42.3 Å². The number of carbonyl (C=O) groups is 1. The summed E-state index contributed by atoms with van der Waals surface area (Å²) >= 11 is 6.28. The van der Waals surface area contributed by atoms with Crippen LogP contribution in [0.2, 0.25) is 5.02 Å². The number of sulfonamides is 1. The van der Waals surface area contributed by atoms with Gasteiger partial charge in [-0.1, -0.05) is 48.0 Å². The Hall–Kier alpha value is -3.23. The van der Waals surface area contributed by atoms with Gasteiger partial charge in [-0.25, -0.2) is 8.42 Å². The summed E-state index contributed by atoms with van der Waals surface area (Å²) in [6.07, 6.45) is 0.661. The van der Waals surface area contributed by atoms with Gasteiger partial charge in [-0.15, -0.1) is 0 Å². The number of para-hydroxylation sites is 2. The number of methoxy groups -OCH3 is 1. The maximum Gasteiger partial charge on any atom is 0.264 e. The zero-order valence-corrected chi connectivity index (χ0v) is 19.5.